The second-order valence-electron chi connectivity index (χ2n) is 7.72. The molecule has 1 aromatic heterocycles. The molecule has 3 aromatic carbocycles. The van der Waals surface area contributed by atoms with E-state index in [0.717, 1.165) is 47.5 Å². The number of nitrogens with zero attached hydrogens (tertiary/aromatic N) is 1. The lowest BCUT2D eigenvalue weighted by molar-refractivity contribution is 0.0528. The Balaban J connectivity index is 1.81. The van der Waals surface area contributed by atoms with Crippen LogP contribution in [-0.4, -0.2) is 22.9 Å². The number of carbonyl (C=O) groups is 2. The molecule has 0 unspecified atom stereocenters. The number of rotatable bonds is 8. The number of esters is 1. The first kappa shape index (κ1) is 20.9. The number of hydrogen-bond acceptors (Lipinski definition) is 3. The largest absolute Gasteiger partial charge is 0.462 e. The molecule has 31 heavy (non-hydrogen) atoms. The Morgan fingerprint density at radius 3 is 2.13 bits per heavy atom. The van der Waals surface area contributed by atoms with Crippen LogP contribution in [-0.2, 0) is 11.3 Å². The molecule has 0 radical (unpaired) electrons. The van der Waals surface area contributed by atoms with E-state index in [0.29, 0.717) is 23.3 Å². The summed E-state index contributed by atoms with van der Waals surface area (Å²) in [6, 6.07) is 19.0. The summed E-state index contributed by atoms with van der Waals surface area (Å²) in [6.07, 6.45) is 5.39. The van der Waals surface area contributed by atoms with Crippen molar-refractivity contribution in [3.63, 3.8) is 0 Å². The number of hydrogen-bond donors (Lipinski definition) is 0. The third-order valence-electron chi connectivity index (χ3n) is 5.70. The normalized spacial score (nSPS) is 11.2. The molecule has 0 fully saturated rings. The van der Waals surface area contributed by atoms with Gasteiger partial charge in [-0.25, -0.2) is 4.79 Å². The molecule has 4 heteroatoms. The van der Waals surface area contributed by atoms with E-state index in [1.165, 1.54) is 0 Å². The van der Waals surface area contributed by atoms with Crippen molar-refractivity contribution in [3.05, 3.63) is 83.6 Å². The molecule has 0 atom stereocenters. The number of benzene rings is 3. The van der Waals surface area contributed by atoms with Crippen LogP contribution in [0.2, 0.25) is 0 Å². The van der Waals surface area contributed by atoms with Gasteiger partial charge < -0.3 is 9.30 Å². The zero-order valence-electron chi connectivity index (χ0n) is 18.1. The molecule has 4 rings (SSSR count). The third-order valence-corrected chi connectivity index (χ3v) is 5.70. The smallest absolute Gasteiger partial charge is 0.338 e. The molecule has 0 saturated carbocycles. The van der Waals surface area contributed by atoms with Crippen LogP contribution in [0.5, 0.6) is 0 Å². The topological polar surface area (TPSA) is 48.3 Å². The highest BCUT2D eigenvalue weighted by atomic mass is 16.5. The van der Waals surface area contributed by atoms with Crippen LogP contribution < -0.4 is 0 Å². The van der Waals surface area contributed by atoms with Crippen LogP contribution in [0.1, 0.15) is 59.4 Å². The fraction of sp³-hybridized carbons (Fsp3) is 0.259. The summed E-state index contributed by atoms with van der Waals surface area (Å²) in [5.74, 6) is -0.401. The van der Waals surface area contributed by atoms with Crippen LogP contribution in [0.4, 0.5) is 0 Å². The molecule has 1 heterocycles. The second kappa shape index (κ2) is 9.17. The quantitative estimate of drug-likeness (QED) is 0.191. The van der Waals surface area contributed by atoms with Gasteiger partial charge in [0.05, 0.1) is 12.2 Å². The van der Waals surface area contributed by atoms with Gasteiger partial charge in [0.1, 0.15) is 0 Å². The zero-order valence-corrected chi connectivity index (χ0v) is 18.1. The van der Waals surface area contributed by atoms with Crippen molar-refractivity contribution in [2.75, 3.05) is 6.61 Å². The molecule has 0 bridgehead atoms. The standard InChI is InChI=1S/C27H27NO3/c1-3-5-10-17-28-18-24(21-13-8-9-14-25(21)28)26(29)22-15-16-23(27(30)31-4-2)20-12-7-6-11-19(20)22/h6-9,11-16,18H,3-5,10,17H2,1-2H3. The van der Waals surface area contributed by atoms with Crippen molar-refractivity contribution in [1.29, 1.82) is 0 Å². The van der Waals surface area contributed by atoms with Gasteiger partial charge >= 0.3 is 5.97 Å². The second-order valence-corrected chi connectivity index (χ2v) is 7.72. The predicted octanol–water partition coefficient (Wildman–Crippen LogP) is 6.39. The summed E-state index contributed by atoms with van der Waals surface area (Å²) in [5, 5.41) is 2.46. The number of unbranched alkanes of at least 4 members (excludes halogenated alkanes) is 2. The summed E-state index contributed by atoms with van der Waals surface area (Å²) < 4.78 is 7.39. The maximum absolute atomic E-state index is 13.7. The molecule has 0 saturated heterocycles. The number of ether oxygens (including phenoxy) is 1. The first-order chi connectivity index (χ1) is 15.2. The van der Waals surface area contributed by atoms with E-state index in [9.17, 15) is 9.59 Å². The van der Waals surface area contributed by atoms with Gasteiger partial charge in [-0.05, 0) is 42.3 Å². The molecule has 0 aliphatic rings. The molecular formula is C27H27NO3. The molecule has 4 aromatic rings. The van der Waals surface area contributed by atoms with Gasteiger partial charge in [-0.1, -0.05) is 62.2 Å². The molecule has 0 aliphatic carbocycles. The molecule has 0 amide bonds. The van der Waals surface area contributed by atoms with Crippen molar-refractivity contribution in [3.8, 4) is 0 Å². The lowest BCUT2D eigenvalue weighted by atomic mass is 9.94. The zero-order chi connectivity index (χ0) is 21.8. The van der Waals surface area contributed by atoms with Crippen LogP contribution in [0.25, 0.3) is 21.7 Å². The molecule has 0 N–H and O–H groups in total. The summed E-state index contributed by atoms with van der Waals surface area (Å²) >= 11 is 0. The van der Waals surface area contributed by atoms with Crippen molar-refractivity contribution < 1.29 is 14.3 Å². The van der Waals surface area contributed by atoms with Gasteiger partial charge in [-0.15, -0.1) is 0 Å². The summed E-state index contributed by atoms with van der Waals surface area (Å²) in [7, 11) is 0. The highest BCUT2D eigenvalue weighted by Crippen LogP contribution is 2.29. The van der Waals surface area contributed by atoms with Crippen molar-refractivity contribution in [2.45, 2.75) is 39.7 Å². The van der Waals surface area contributed by atoms with Gasteiger partial charge in [-0.3, -0.25) is 4.79 Å². The predicted molar refractivity (Wildman–Crippen MR) is 125 cm³/mol. The number of aryl methyl sites for hydroxylation is 1. The molecule has 4 nitrogen and oxygen atoms in total. The highest BCUT2D eigenvalue weighted by Gasteiger charge is 2.21. The molecule has 0 aliphatic heterocycles. The van der Waals surface area contributed by atoms with E-state index in [4.69, 9.17) is 4.74 Å². The van der Waals surface area contributed by atoms with Gasteiger partial charge in [0.25, 0.3) is 0 Å². The van der Waals surface area contributed by atoms with E-state index in [1.807, 2.05) is 48.7 Å². The Bertz CT molecular complexity index is 1250. The Morgan fingerprint density at radius 1 is 0.774 bits per heavy atom. The SMILES string of the molecule is CCCCCn1cc(C(=O)c2ccc(C(=O)OCC)c3ccccc23)c2ccccc21. The van der Waals surface area contributed by atoms with Gasteiger partial charge in [0.2, 0.25) is 0 Å². The van der Waals surface area contributed by atoms with E-state index < -0.39 is 0 Å². The van der Waals surface area contributed by atoms with Crippen LogP contribution >= 0.6 is 0 Å². The Labute approximate surface area is 182 Å². The minimum atomic E-state index is -0.370. The third kappa shape index (κ3) is 3.98. The first-order valence-electron chi connectivity index (χ1n) is 11.0. The van der Waals surface area contributed by atoms with E-state index >= 15 is 0 Å². The van der Waals surface area contributed by atoms with Crippen molar-refractivity contribution >= 4 is 33.4 Å². The van der Waals surface area contributed by atoms with Crippen LogP contribution in [0.15, 0.2) is 66.9 Å². The average molecular weight is 414 g/mol. The lowest BCUT2D eigenvalue weighted by Crippen LogP contribution is -2.08. The summed E-state index contributed by atoms with van der Waals surface area (Å²) in [4.78, 5) is 26.1. The Kier molecular flexibility index (Phi) is 6.17. The average Bonchev–Trinajstić information content (AvgIpc) is 3.17. The Hall–Kier alpha value is -3.40. The summed E-state index contributed by atoms with van der Waals surface area (Å²) in [5.41, 5.74) is 2.85. The fourth-order valence-corrected chi connectivity index (χ4v) is 4.17. The van der Waals surface area contributed by atoms with Gasteiger partial charge in [-0.2, -0.15) is 0 Å². The Morgan fingerprint density at radius 2 is 1.42 bits per heavy atom. The number of carbonyl (C=O) groups excluding carboxylic acids is 2. The monoisotopic (exact) mass is 413 g/mol. The fourth-order valence-electron chi connectivity index (χ4n) is 4.17. The minimum Gasteiger partial charge on any atom is -0.462 e. The lowest BCUT2D eigenvalue weighted by Gasteiger charge is -2.10. The van der Waals surface area contributed by atoms with E-state index in [1.54, 1.807) is 19.1 Å². The number of aromatic nitrogens is 1. The van der Waals surface area contributed by atoms with E-state index in [2.05, 4.69) is 17.6 Å². The maximum Gasteiger partial charge on any atom is 0.338 e. The minimum absolute atomic E-state index is 0.0305. The maximum atomic E-state index is 13.7. The highest BCUT2D eigenvalue weighted by molar-refractivity contribution is 6.23. The molecule has 158 valence electrons. The van der Waals surface area contributed by atoms with Crippen LogP contribution in [0, 0.1) is 0 Å². The van der Waals surface area contributed by atoms with E-state index in [-0.39, 0.29) is 11.8 Å². The number of fused-ring (bicyclic) bond motifs is 2. The van der Waals surface area contributed by atoms with Crippen LogP contribution in [0.3, 0.4) is 0 Å². The number of para-hydroxylation sites is 1. The van der Waals surface area contributed by atoms with Gasteiger partial charge in [0.15, 0.2) is 5.78 Å². The summed E-state index contributed by atoms with van der Waals surface area (Å²) in [6.45, 7) is 5.18. The first-order valence-corrected chi connectivity index (χ1v) is 11.0. The molecule has 0 spiro atoms. The molecular weight excluding hydrogens is 386 g/mol. The number of ketones is 1. The van der Waals surface area contributed by atoms with Crippen molar-refractivity contribution in [2.24, 2.45) is 0 Å². The van der Waals surface area contributed by atoms with Gasteiger partial charge in [0, 0.05) is 34.8 Å². The van der Waals surface area contributed by atoms with Crippen molar-refractivity contribution in [1.82, 2.24) is 4.57 Å².